The summed E-state index contributed by atoms with van der Waals surface area (Å²) in [6.45, 7) is 0.679. The Kier molecular flexibility index (Phi) is 2.68. The standard InChI is InChI=1S/C12H13ClN4O2S/c1-16-5-6-4-8(11(16)18)17(6)10-9-7(2-3-20(9)19)14-12(13)15-10/h6,8H,2-5H2,1H3/t6-,8?,20-/m0/s1. The summed E-state index contributed by atoms with van der Waals surface area (Å²) < 4.78 is 12.2. The van der Waals surface area contributed by atoms with E-state index in [1.165, 1.54) is 0 Å². The maximum absolute atomic E-state index is 12.2. The molecule has 0 aliphatic carbocycles. The number of aromatic nitrogens is 2. The van der Waals surface area contributed by atoms with Gasteiger partial charge in [0.15, 0.2) is 5.82 Å². The van der Waals surface area contributed by atoms with Crippen molar-refractivity contribution in [2.24, 2.45) is 0 Å². The van der Waals surface area contributed by atoms with Crippen LogP contribution in [-0.4, -0.2) is 56.8 Å². The van der Waals surface area contributed by atoms with Gasteiger partial charge in [0, 0.05) is 20.0 Å². The summed E-state index contributed by atoms with van der Waals surface area (Å²) in [6, 6.07) is 0.0572. The molecule has 6 nitrogen and oxygen atoms in total. The second-order valence-electron chi connectivity index (χ2n) is 5.42. The number of piperazine rings is 1. The number of hydrogen-bond acceptors (Lipinski definition) is 5. The van der Waals surface area contributed by atoms with Gasteiger partial charge in [-0.3, -0.25) is 4.79 Å². The van der Waals surface area contributed by atoms with Gasteiger partial charge in [-0.05, 0) is 29.2 Å². The minimum absolute atomic E-state index is 0.0970. The molecule has 0 aromatic carbocycles. The molecule has 0 radical (unpaired) electrons. The number of halogens is 1. The number of piperidine rings is 1. The molecule has 0 saturated carbocycles. The number of fused-ring (bicyclic) bond motifs is 3. The Morgan fingerprint density at radius 1 is 1.45 bits per heavy atom. The quantitative estimate of drug-likeness (QED) is 0.548. The largest absolute Gasteiger partial charge is 0.611 e. The van der Waals surface area contributed by atoms with E-state index < -0.39 is 11.2 Å². The second kappa shape index (κ2) is 4.22. The number of rotatable bonds is 1. The normalized spacial score (nSPS) is 31.4. The molecular formula is C12H13ClN4O2S. The Balaban J connectivity index is 1.79. The van der Waals surface area contributed by atoms with Gasteiger partial charge in [-0.1, -0.05) is 0 Å². The fourth-order valence-corrected chi connectivity index (χ4v) is 4.82. The van der Waals surface area contributed by atoms with Crippen LogP contribution in [0.5, 0.6) is 0 Å². The number of amides is 1. The number of nitrogens with zero attached hydrogens (tertiary/aromatic N) is 4. The third kappa shape index (κ3) is 1.60. The van der Waals surface area contributed by atoms with Crippen LogP contribution in [-0.2, 0) is 22.4 Å². The minimum Gasteiger partial charge on any atom is -0.611 e. The smallest absolute Gasteiger partial charge is 0.245 e. The number of carbonyl (C=O) groups is 1. The van der Waals surface area contributed by atoms with Gasteiger partial charge in [0.2, 0.25) is 16.1 Å². The third-order valence-corrected chi connectivity index (χ3v) is 5.87. The summed E-state index contributed by atoms with van der Waals surface area (Å²) in [6.07, 6.45) is 1.50. The van der Waals surface area contributed by atoms with Crippen molar-refractivity contribution in [3.05, 3.63) is 11.0 Å². The van der Waals surface area contributed by atoms with Crippen LogP contribution in [0.15, 0.2) is 4.90 Å². The molecule has 3 saturated heterocycles. The van der Waals surface area contributed by atoms with E-state index in [0.29, 0.717) is 29.4 Å². The highest BCUT2D eigenvalue weighted by Gasteiger charge is 2.52. The maximum atomic E-state index is 12.2. The molecule has 4 aliphatic heterocycles. The molecule has 3 atom stereocenters. The van der Waals surface area contributed by atoms with Crippen LogP contribution in [0.2, 0.25) is 5.28 Å². The summed E-state index contributed by atoms with van der Waals surface area (Å²) >= 11 is 4.90. The highest BCUT2D eigenvalue weighted by Crippen LogP contribution is 2.42. The predicted molar refractivity (Wildman–Crippen MR) is 74.3 cm³/mol. The Bertz CT molecular complexity index is 613. The molecular weight excluding hydrogens is 300 g/mol. The lowest BCUT2D eigenvalue weighted by Crippen LogP contribution is -2.71. The van der Waals surface area contributed by atoms with Gasteiger partial charge in [0.25, 0.3) is 0 Å². The first-order valence-corrected chi connectivity index (χ1v) is 8.24. The van der Waals surface area contributed by atoms with Crippen molar-refractivity contribution in [3.63, 3.8) is 0 Å². The minimum atomic E-state index is -1.08. The van der Waals surface area contributed by atoms with E-state index in [-0.39, 0.29) is 23.3 Å². The molecule has 8 heteroatoms. The van der Waals surface area contributed by atoms with Crippen LogP contribution in [0.4, 0.5) is 5.82 Å². The molecule has 1 amide bonds. The van der Waals surface area contributed by atoms with E-state index in [1.807, 2.05) is 11.9 Å². The summed E-state index contributed by atoms with van der Waals surface area (Å²) in [5, 5.41) is 0.170. The number of likely N-dealkylation sites (N-methyl/N-ethyl adjacent to an activating group) is 1. The molecule has 5 heterocycles. The lowest BCUT2D eigenvalue weighted by Gasteiger charge is -2.54. The highest BCUT2D eigenvalue weighted by molar-refractivity contribution is 7.91. The summed E-state index contributed by atoms with van der Waals surface area (Å²) in [4.78, 5) is 25.0. The van der Waals surface area contributed by atoms with E-state index >= 15 is 0 Å². The molecule has 2 bridgehead atoms. The predicted octanol–water partition coefficient (Wildman–Crippen LogP) is 0.213. The number of carbonyl (C=O) groups excluding carboxylic acids is 1. The molecule has 0 N–H and O–H groups in total. The zero-order valence-electron chi connectivity index (χ0n) is 10.9. The van der Waals surface area contributed by atoms with Gasteiger partial charge in [-0.25, -0.2) is 4.98 Å². The number of hydrogen-bond donors (Lipinski definition) is 0. The van der Waals surface area contributed by atoms with Gasteiger partial charge < -0.3 is 14.4 Å². The maximum Gasteiger partial charge on any atom is 0.245 e. The van der Waals surface area contributed by atoms with Crippen molar-refractivity contribution in [1.82, 2.24) is 14.9 Å². The molecule has 0 spiro atoms. The Hall–Kier alpha value is -1.05. The first-order chi connectivity index (χ1) is 9.56. The Morgan fingerprint density at radius 2 is 2.25 bits per heavy atom. The van der Waals surface area contributed by atoms with Crippen molar-refractivity contribution >= 4 is 34.5 Å². The highest BCUT2D eigenvalue weighted by atomic mass is 35.5. The first kappa shape index (κ1) is 12.7. The van der Waals surface area contributed by atoms with Crippen LogP contribution in [0, 0.1) is 0 Å². The topological polar surface area (TPSA) is 72.4 Å². The van der Waals surface area contributed by atoms with Gasteiger partial charge >= 0.3 is 0 Å². The molecule has 1 aromatic rings. The van der Waals surface area contributed by atoms with Crippen molar-refractivity contribution < 1.29 is 9.35 Å². The van der Waals surface area contributed by atoms with Crippen molar-refractivity contribution in [3.8, 4) is 0 Å². The van der Waals surface area contributed by atoms with Crippen molar-refractivity contribution in [2.75, 3.05) is 24.2 Å². The Morgan fingerprint density at radius 3 is 3.00 bits per heavy atom. The first-order valence-electron chi connectivity index (χ1n) is 6.54. The lowest BCUT2D eigenvalue weighted by molar-refractivity contribution is -0.138. The monoisotopic (exact) mass is 312 g/mol. The zero-order chi connectivity index (χ0) is 14.0. The zero-order valence-corrected chi connectivity index (χ0v) is 12.4. The van der Waals surface area contributed by atoms with Gasteiger partial charge in [-0.2, -0.15) is 4.98 Å². The lowest BCUT2D eigenvalue weighted by atomic mass is 9.87. The van der Waals surface area contributed by atoms with Gasteiger partial charge in [0.05, 0.1) is 6.04 Å². The van der Waals surface area contributed by atoms with E-state index in [4.69, 9.17) is 11.6 Å². The van der Waals surface area contributed by atoms with Gasteiger partial charge in [0.1, 0.15) is 17.5 Å². The molecule has 1 aromatic heterocycles. The average Bonchev–Trinajstić information content (AvgIpc) is 2.73. The Labute approximate surface area is 124 Å². The van der Waals surface area contributed by atoms with Gasteiger partial charge in [-0.15, -0.1) is 0 Å². The van der Waals surface area contributed by atoms with E-state index in [9.17, 15) is 9.35 Å². The molecule has 106 valence electrons. The van der Waals surface area contributed by atoms with E-state index in [0.717, 1.165) is 12.1 Å². The van der Waals surface area contributed by atoms with Crippen LogP contribution >= 0.6 is 11.6 Å². The fourth-order valence-electron chi connectivity index (χ4n) is 3.29. The van der Waals surface area contributed by atoms with Crippen molar-refractivity contribution in [2.45, 2.75) is 29.8 Å². The number of aryl methyl sites for hydroxylation is 1. The van der Waals surface area contributed by atoms with Crippen LogP contribution < -0.4 is 4.90 Å². The third-order valence-electron chi connectivity index (χ3n) is 4.26. The molecule has 20 heavy (non-hydrogen) atoms. The van der Waals surface area contributed by atoms with Crippen LogP contribution in [0.1, 0.15) is 12.1 Å². The fraction of sp³-hybridized carbons (Fsp3) is 0.583. The second-order valence-corrected chi connectivity index (χ2v) is 7.27. The summed E-state index contributed by atoms with van der Waals surface area (Å²) in [5.41, 5.74) is 0.768. The average molecular weight is 313 g/mol. The van der Waals surface area contributed by atoms with E-state index in [2.05, 4.69) is 9.97 Å². The summed E-state index contributed by atoms with van der Waals surface area (Å²) in [5.74, 6) is 1.27. The molecule has 1 unspecified atom stereocenters. The molecule has 4 aliphatic rings. The summed E-state index contributed by atoms with van der Waals surface area (Å²) in [7, 11) is 1.81. The SMILES string of the molecule is CN1C[C@@H]2CC(C1=O)N2c1nc(Cl)nc2c1[S@@+]([O-])CC2. The van der Waals surface area contributed by atoms with Crippen LogP contribution in [0.25, 0.3) is 0 Å². The molecule has 5 rings (SSSR count). The number of anilines is 1. The van der Waals surface area contributed by atoms with E-state index in [1.54, 1.807) is 4.90 Å². The van der Waals surface area contributed by atoms with Crippen LogP contribution in [0.3, 0.4) is 0 Å². The van der Waals surface area contributed by atoms with Crippen molar-refractivity contribution in [1.29, 1.82) is 0 Å². The molecule has 3 fully saturated rings.